The maximum absolute atomic E-state index is 6.00. The second-order valence-corrected chi connectivity index (χ2v) is 29.7. The highest BCUT2D eigenvalue weighted by Gasteiger charge is 2.28. The van der Waals surface area contributed by atoms with Gasteiger partial charge in [-0.15, -0.1) is 11.3 Å². The van der Waals surface area contributed by atoms with E-state index in [4.69, 9.17) is 4.42 Å². The molecule has 18 rings (SSSR count). The Hall–Kier alpha value is -11.3. The van der Waals surface area contributed by atoms with E-state index in [1.54, 1.807) is 6.33 Å². The number of furan rings is 1. The van der Waals surface area contributed by atoms with E-state index in [1.807, 2.05) is 304 Å². The van der Waals surface area contributed by atoms with Crippen LogP contribution in [0.3, 0.4) is 0 Å². The average molecular weight is 1890 g/mol. The highest BCUT2D eigenvalue weighted by atomic mass is 32.1. The molecule has 0 bridgehead atoms. The van der Waals surface area contributed by atoms with Crippen molar-refractivity contribution in [1.29, 1.82) is 0 Å². The van der Waals surface area contributed by atoms with Gasteiger partial charge in [0, 0.05) is 100 Å². The van der Waals surface area contributed by atoms with Crippen molar-refractivity contribution in [3.05, 3.63) is 246 Å². The molecule has 0 aliphatic carbocycles. The Morgan fingerprint density at radius 3 is 1.12 bits per heavy atom. The van der Waals surface area contributed by atoms with Gasteiger partial charge in [0.2, 0.25) is 25.3 Å². The quantitative estimate of drug-likeness (QED) is 0.130. The summed E-state index contributed by atoms with van der Waals surface area (Å²) in [6.07, 6.45) is 20.2. The normalized spacial score (nSPS) is 9.42. The van der Waals surface area contributed by atoms with Crippen LogP contribution in [0.4, 0.5) is 0 Å². The molecule has 9 heterocycles. The smallest absolute Gasteiger partial charge is 0.253 e. The minimum Gasteiger partial charge on any atom is -0.456 e. The monoisotopic (exact) mass is 1890 g/mol. The van der Waals surface area contributed by atoms with E-state index < -0.39 is 0 Å². The van der Waals surface area contributed by atoms with Crippen LogP contribution in [-0.2, 0) is 77.5 Å². The molecule has 0 saturated carbocycles. The van der Waals surface area contributed by atoms with Gasteiger partial charge in [0.05, 0.1) is 70.5 Å². The second-order valence-electron chi connectivity index (χ2n) is 28.6. The van der Waals surface area contributed by atoms with E-state index in [-0.39, 0.29) is 0 Å². The fraction of sp³-hybridized carbons (Fsp3) is 0.451. The number of hydrogen-bond donors (Lipinski definition) is 0. The number of hydrogen-bond acceptors (Lipinski definition) is 4. The zero-order chi connectivity index (χ0) is 107. The number of benzene rings is 9. The van der Waals surface area contributed by atoms with Gasteiger partial charge < -0.3 is 8.98 Å². The standard InChI is InChI=1S/C23H27N2.C19H20N3.C18H17N2O.C18H17N2S.C10H13N4.17C2H6/c1-12-10-9-11-18-19(12)22-23(25(8)17(6)24(22)7)21-16(5)14(3)13(2)15(4)20(18)21;1-13-9-16-14-7-5-6-8-17(14)22(4)18(16)10-15(13)19-11-20(2)12-21(19)3;2*1-12-8-15-13-6-4-5-7-17(13)21-18(15)9-14(12)16-10-19(2)11-20(16)3;1-8-4-11-6-12-10(8)9-5-13(2)7-14(9)3;17*1-2/h9-11H,1-8H3;5-12H,1-4H3;2*4-11H,1-3H3;4-7H,1-3H3;17*1-2H3/q5*+1;;;;;;;;;;;;;;;;;. The number of rotatable bonds is 4. The summed E-state index contributed by atoms with van der Waals surface area (Å²) in [6, 6.07) is 45.9. The van der Waals surface area contributed by atoms with Crippen molar-refractivity contribution in [2.75, 3.05) is 0 Å². The predicted molar refractivity (Wildman–Crippen MR) is 617 cm³/mol. The molecular formula is C122H196N13OS+5. The average Bonchev–Trinajstić information content (AvgIpc) is 1.66. The van der Waals surface area contributed by atoms with Crippen molar-refractivity contribution in [1.82, 2.24) is 37.4 Å². The Balaban J connectivity index is -0.000000751. The first-order valence-electron chi connectivity index (χ1n) is 52.2. The zero-order valence-corrected chi connectivity index (χ0v) is 98.3. The number of para-hydroxylation sites is 2. The lowest BCUT2D eigenvalue weighted by Crippen LogP contribution is -2.31. The highest BCUT2D eigenvalue weighted by molar-refractivity contribution is 7.25. The van der Waals surface area contributed by atoms with Gasteiger partial charge in [0.25, 0.3) is 5.82 Å². The van der Waals surface area contributed by atoms with Crippen LogP contribution in [0.1, 0.15) is 291 Å². The van der Waals surface area contributed by atoms with Gasteiger partial charge in [0.1, 0.15) is 48.0 Å². The van der Waals surface area contributed by atoms with Crippen LogP contribution in [0.5, 0.6) is 0 Å². The van der Waals surface area contributed by atoms with Gasteiger partial charge in [-0.05, 0) is 178 Å². The third-order valence-electron chi connectivity index (χ3n) is 21.5. The summed E-state index contributed by atoms with van der Waals surface area (Å²) in [7, 11) is 23.0. The molecule has 0 radical (unpaired) electrons. The summed E-state index contributed by atoms with van der Waals surface area (Å²) in [5.74, 6) is 1.28. The van der Waals surface area contributed by atoms with E-state index in [9.17, 15) is 0 Å². The molecule has 0 aliphatic rings. The molecule has 14 nitrogen and oxygen atoms in total. The van der Waals surface area contributed by atoms with Crippen LogP contribution in [0.15, 0.2) is 194 Å². The topological polar surface area (TPSA) is 87.9 Å². The largest absolute Gasteiger partial charge is 0.456 e. The SMILES string of the molecule is CC.CC.CC.CC.CC.CC.CC.CC.CC.CC.CC.CC.CC.CC.CC.CC.CC.Cc1c(C)c(C)c2c(c1C)c1cccc(C)c1c1c2[n+](C)c(C)n1C.Cc1cc2c(cc1-c1c[n+](C)cn1C)oc1ccccc12.Cc1cc2c(cc1-c1c[n+](C)cn1C)sc1ccccc12.Cc1cc2c3ccccc3n(C)c2cc1-c1c[n+](C)cn1C.Cc1cncnc1-c1c[n+](C)cn1C. The molecule has 0 unspecified atom stereocenters. The van der Waals surface area contributed by atoms with Crippen LogP contribution < -0.4 is 22.8 Å². The van der Waals surface area contributed by atoms with Crippen molar-refractivity contribution in [3.63, 3.8) is 0 Å². The van der Waals surface area contributed by atoms with Gasteiger partial charge in [-0.1, -0.05) is 308 Å². The van der Waals surface area contributed by atoms with Crippen molar-refractivity contribution >= 4 is 108 Å². The van der Waals surface area contributed by atoms with Gasteiger partial charge in [0.15, 0.2) is 33.8 Å². The number of thiophene rings is 1. The third kappa shape index (κ3) is 31.9. The van der Waals surface area contributed by atoms with Crippen molar-refractivity contribution in [2.45, 2.75) is 305 Å². The Labute approximate surface area is 840 Å². The minimum absolute atomic E-state index is 0.945. The van der Waals surface area contributed by atoms with Crippen LogP contribution in [-0.4, -0.2) is 37.4 Å². The van der Waals surface area contributed by atoms with E-state index in [1.165, 1.54) is 169 Å². The number of fused-ring (bicyclic) bond motifs is 15. The molecule has 0 atom stereocenters. The first-order chi connectivity index (χ1) is 66.3. The molecule has 9 aromatic carbocycles. The second kappa shape index (κ2) is 70.4. The molecule has 0 aliphatic heterocycles. The highest BCUT2D eigenvalue weighted by Crippen LogP contribution is 2.43. The van der Waals surface area contributed by atoms with Crippen LogP contribution in [0, 0.1) is 69.2 Å². The van der Waals surface area contributed by atoms with Gasteiger partial charge >= 0.3 is 0 Å². The molecule has 0 N–H and O–H groups in total. The minimum atomic E-state index is 0.945. The van der Waals surface area contributed by atoms with Gasteiger partial charge in [-0.25, -0.2) is 55.6 Å². The summed E-state index contributed by atoms with van der Waals surface area (Å²) < 4.78 is 32.6. The third-order valence-corrected chi connectivity index (χ3v) is 22.6. The molecule has 0 spiro atoms. The molecule has 756 valence electrons. The van der Waals surface area contributed by atoms with Crippen molar-refractivity contribution in [2.24, 2.45) is 77.5 Å². The van der Waals surface area contributed by atoms with E-state index >= 15 is 0 Å². The van der Waals surface area contributed by atoms with Crippen molar-refractivity contribution in [3.8, 4) is 45.2 Å². The molecule has 0 saturated heterocycles. The van der Waals surface area contributed by atoms with Crippen LogP contribution in [0.2, 0.25) is 0 Å². The maximum atomic E-state index is 6.00. The molecule has 0 fully saturated rings. The lowest BCUT2D eigenvalue weighted by molar-refractivity contribution is -0.670. The lowest BCUT2D eigenvalue weighted by Gasteiger charge is -2.17. The predicted octanol–water partition coefficient (Wildman–Crippen LogP) is 34.6. The Bertz CT molecular complexity index is 6250. The first-order valence-corrected chi connectivity index (χ1v) is 53.0. The number of nitrogens with zero attached hydrogens (tertiary/aromatic N) is 13. The fourth-order valence-corrected chi connectivity index (χ4v) is 16.9. The zero-order valence-electron chi connectivity index (χ0n) is 97.5. The van der Waals surface area contributed by atoms with Crippen molar-refractivity contribution < 1.29 is 27.3 Å². The molecule has 0 amide bonds. The molecular weight excluding hydrogens is 1700 g/mol. The Morgan fingerprint density at radius 2 is 0.672 bits per heavy atom. The maximum Gasteiger partial charge on any atom is 0.253 e. The number of aryl methyl sites for hydroxylation is 18. The van der Waals surface area contributed by atoms with E-state index in [0.717, 1.165) is 28.1 Å². The Morgan fingerprint density at radius 1 is 0.292 bits per heavy atom. The number of aromatic nitrogens is 13. The summed E-state index contributed by atoms with van der Waals surface area (Å²) in [5, 5.41) is 13.4. The summed E-state index contributed by atoms with van der Waals surface area (Å²) in [6.45, 7) is 90.1. The fourth-order valence-electron chi connectivity index (χ4n) is 15.8. The Kier molecular flexibility index (Phi) is 67.8. The van der Waals surface area contributed by atoms with E-state index in [2.05, 4.69) is 333 Å². The lowest BCUT2D eigenvalue weighted by atomic mass is 9.87. The van der Waals surface area contributed by atoms with Crippen LogP contribution in [0.25, 0.3) is 142 Å². The summed E-state index contributed by atoms with van der Waals surface area (Å²) in [4.78, 5) is 8.26. The summed E-state index contributed by atoms with van der Waals surface area (Å²) in [5.41, 5.74) is 28.8. The van der Waals surface area contributed by atoms with Crippen LogP contribution >= 0.6 is 11.3 Å². The summed E-state index contributed by atoms with van der Waals surface area (Å²) >= 11 is 1.88. The molecule has 18 aromatic rings. The van der Waals surface area contributed by atoms with Gasteiger partial charge in [-0.3, -0.25) is 0 Å². The van der Waals surface area contributed by atoms with E-state index in [0.29, 0.717) is 0 Å². The van der Waals surface area contributed by atoms with Gasteiger partial charge in [-0.2, -0.15) is 0 Å². The molecule has 137 heavy (non-hydrogen) atoms. The number of imidazole rings is 5. The molecule has 15 heteroatoms. The first kappa shape index (κ1) is 132. The molecule has 9 aromatic heterocycles.